The molecule has 39 heavy (non-hydrogen) atoms. The number of nitrogens with two attached hydrogens (primary N) is 1. The lowest BCUT2D eigenvalue weighted by molar-refractivity contribution is -0.127. The van der Waals surface area contributed by atoms with Crippen LogP contribution < -0.4 is 21.3 Å². The molecule has 1 aliphatic heterocycles. The van der Waals surface area contributed by atoms with Gasteiger partial charge in [0.15, 0.2) is 0 Å². The maximum absolute atomic E-state index is 12.9. The number of piperidine rings is 1. The first kappa shape index (κ1) is 25.9. The number of benzene rings is 2. The predicted molar refractivity (Wildman–Crippen MR) is 153 cm³/mol. The molecule has 3 unspecified atom stereocenters. The molecule has 2 aromatic carbocycles. The summed E-state index contributed by atoms with van der Waals surface area (Å²) in [5.41, 5.74) is 9.40. The van der Waals surface area contributed by atoms with E-state index in [1.165, 1.54) is 12.4 Å². The Morgan fingerprint density at radius 1 is 1.10 bits per heavy atom. The zero-order valence-corrected chi connectivity index (χ0v) is 22.0. The van der Waals surface area contributed by atoms with Crippen LogP contribution in [0.1, 0.15) is 34.3 Å². The Hall–Kier alpha value is -4.73. The Balaban J connectivity index is 1.34. The van der Waals surface area contributed by atoms with E-state index in [-0.39, 0.29) is 35.4 Å². The van der Waals surface area contributed by atoms with Gasteiger partial charge in [0.1, 0.15) is 18.0 Å². The zero-order chi connectivity index (χ0) is 27.7. The number of carbonyl (C=O) groups excluding carboxylic acids is 2. The van der Waals surface area contributed by atoms with Crippen LogP contribution in [-0.4, -0.2) is 65.1 Å². The number of para-hydroxylation sites is 2. The fourth-order valence-corrected chi connectivity index (χ4v) is 5.58. The molecule has 2 amide bonds. The van der Waals surface area contributed by atoms with E-state index >= 15 is 0 Å². The number of anilines is 4. The molecule has 3 atom stereocenters. The predicted octanol–water partition coefficient (Wildman–Crippen LogP) is 3.38. The standard InChI is InChI=1S/C29H32N8O2/c1-4-24(38)37-15-17-13-21(23(37)14-17)34-28-25(27(31)32-16-33-28)26(30)18-9-11-19(12-10-18)29(39)35-20-7-5-6-8-22(20)36(2)3/h4-12,16-17,21,23,30H,1,13-15H2,2-3H3,(H,35,39)(H3,31,32,33,34). The minimum absolute atomic E-state index is 0.00962. The summed E-state index contributed by atoms with van der Waals surface area (Å²) in [6.45, 7) is 4.36. The van der Waals surface area contributed by atoms with Crippen LogP contribution >= 0.6 is 0 Å². The van der Waals surface area contributed by atoms with Crippen molar-refractivity contribution >= 4 is 40.5 Å². The van der Waals surface area contributed by atoms with E-state index in [0.717, 1.165) is 25.1 Å². The highest BCUT2D eigenvalue weighted by Crippen LogP contribution is 2.39. The van der Waals surface area contributed by atoms with E-state index in [0.29, 0.717) is 34.1 Å². The topological polar surface area (TPSA) is 140 Å². The van der Waals surface area contributed by atoms with Gasteiger partial charge in [-0.25, -0.2) is 9.97 Å². The van der Waals surface area contributed by atoms with Gasteiger partial charge in [0.05, 0.1) is 28.7 Å². The molecule has 2 aliphatic rings. The summed E-state index contributed by atoms with van der Waals surface area (Å²) in [5.74, 6) is 0.738. The summed E-state index contributed by atoms with van der Waals surface area (Å²) in [4.78, 5) is 37.6. The van der Waals surface area contributed by atoms with Crippen LogP contribution in [0.2, 0.25) is 0 Å². The van der Waals surface area contributed by atoms with Crippen molar-refractivity contribution in [1.82, 2.24) is 14.9 Å². The lowest BCUT2D eigenvalue weighted by Gasteiger charge is -2.33. The molecule has 0 radical (unpaired) electrons. The van der Waals surface area contributed by atoms with E-state index in [2.05, 4.69) is 27.2 Å². The monoisotopic (exact) mass is 524 g/mol. The summed E-state index contributed by atoms with van der Waals surface area (Å²) < 4.78 is 0. The van der Waals surface area contributed by atoms with Gasteiger partial charge in [-0.15, -0.1) is 0 Å². The number of hydrogen-bond donors (Lipinski definition) is 4. The quantitative estimate of drug-likeness (QED) is 0.262. The van der Waals surface area contributed by atoms with Crippen molar-refractivity contribution in [3.63, 3.8) is 0 Å². The first-order valence-electron chi connectivity index (χ1n) is 12.8. The van der Waals surface area contributed by atoms with Crippen LogP contribution in [0.3, 0.4) is 0 Å². The number of aromatic nitrogens is 2. The normalized spacial score (nSPS) is 19.4. The average molecular weight is 525 g/mol. The Morgan fingerprint density at radius 2 is 1.82 bits per heavy atom. The van der Waals surface area contributed by atoms with Gasteiger partial charge in [-0.1, -0.05) is 30.8 Å². The molecule has 1 saturated heterocycles. The van der Waals surface area contributed by atoms with E-state index < -0.39 is 0 Å². The fourth-order valence-electron chi connectivity index (χ4n) is 5.58. The first-order valence-corrected chi connectivity index (χ1v) is 12.8. The van der Waals surface area contributed by atoms with Crippen molar-refractivity contribution in [2.75, 3.05) is 41.9 Å². The third-order valence-corrected chi connectivity index (χ3v) is 7.46. The van der Waals surface area contributed by atoms with Gasteiger partial charge in [-0.2, -0.15) is 0 Å². The summed E-state index contributed by atoms with van der Waals surface area (Å²) in [5, 5.41) is 15.3. The molecule has 5 N–H and O–H groups in total. The van der Waals surface area contributed by atoms with E-state index in [1.807, 2.05) is 48.2 Å². The largest absolute Gasteiger partial charge is 0.383 e. The first-order chi connectivity index (χ1) is 18.8. The minimum Gasteiger partial charge on any atom is -0.383 e. The maximum atomic E-state index is 12.9. The average Bonchev–Trinajstić information content (AvgIpc) is 3.53. The van der Waals surface area contributed by atoms with E-state index in [1.54, 1.807) is 24.3 Å². The smallest absolute Gasteiger partial charge is 0.255 e. The van der Waals surface area contributed by atoms with E-state index in [4.69, 9.17) is 11.1 Å². The second-order valence-corrected chi connectivity index (χ2v) is 10.2. The van der Waals surface area contributed by atoms with Gasteiger partial charge >= 0.3 is 0 Å². The molecule has 10 heteroatoms. The van der Waals surface area contributed by atoms with Gasteiger partial charge < -0.3 is 26.2 Å². The van der Waals surface area contributed by atoms with Crippen molar-refractivity contribution in [1.29, 1.82) is 5.41 Å². The van der Waals surface area contributed by atoms with Crippen molar-refractivity contribution < 1.29 is 9.59 Å². The number of likely N-dealkylation sites (tertiary alicyclic amines) is 1. The summed E-state index contributed by atoms with van der Waals surface area (Å²) >= 11 is 0. The van der Waals surface area contributed by atoms with Crippen molar-refractivity contribution in [2.24, 2.45) is 5.92 Å². The number of amides is 2. The van der Waals surface area contributed by atoms with Crippen LogP contribution in [0.4, 0.5) is 23.0 Å². The molecular weight excluding hydrogens is 492 g/mol. The van der Waals surface area contributed by atoms with Gasteiger partial charge in [0, 0.05) is 37.8 Å². The molecule has 0 spiro atoms. The van der Waals surface area contributed by atoms with Gasteiger partial charge in [-0.05, 0) is 49.1 Å². The summed E-state index contributed by atoms with van der Waals surface area (Å²) in [6.07, 6.45) is 4.55. The maximum Gasteiger partial charge on any atom is 0.255 e. The molecule has 2 bridgehead atoms. The summed E-state index contributed by atoms with van der Waals surface area (Å²) in [7, 11) is 3.84. The second-order valence-electron chi connectivity index (χ2n) is 10.2. The highest BCUT2D eigenvalue weighted by atomic mass is 16.2. The van der Waals surface area contributed by atoms with Crippen LogP contribution in [-0.2, 0) is 4.79 Å². The molecule has 200 valence electrons. The van der Waals surface area contributed by atoms with E-state index in [9.17, 15) is 9.59 Å². The van der Waals surface area contributed by atoms with Crippen LogP contribution in [0.5, 0.6) is 0 Å². The zero-order valence-electron chi connectivity index (χ0n) is 22.0. The molecule has 2 heterocycles. The van der Waals surface area contributed by atoms with Crippen LogP contribution in [0.15, 0.2) is 67.5 Å². The number of nitrogen functional groups attached to an aromatic ring is 1. The SMILES string of the molecule is C=CC(=O)N1CC2CC(Nc3ncnc(N)c3C(=N)c3ccc(C(=O)Nc4ccccc4N(C)C)cc3)C1C2. The van der Waals surface area contributed by atoms with Gasteiger partial charge in [-0.3, -0.25) is 15.0 Å². The lowest BCUT2D eigenvalue weighted by Crippen LogP contribution is -2.47. The fraction of sp³-hybridized carbons (Fsp3) is 0.276. The van der Waals surface area contributed by atoms with Crippen LogP contribution in [0, 0.1) is 11.3 Å². The van der Waals surface area contributed by atoms with Gasteiger partial charge in [0.2, 0.25) is 5.91 Å². The molecule has 10 nitrogen and oxygen atoms in total. The minimum atomic E-state index is -0.248. The third-order valence-electron chi connectivity index (χ3n) is 7.46. The molecule has 5 rings (SSSR count). The number of nitrogens with zero attached hydrogens (tertiary/aromatic N) is 4. The second kappa shape index (κ2) is 10.6. The number of carbonyl (C=O) groups is 2. The highest BCUT2D eigenvalue weighted by Gasteiger charge is 2.46. The Morgan fingerprint density at radius 3 is 2.51 bits per heavy atom. The number of fused-ring (bicyclic) bond motifs is 2. The molecule has 1 saturated carbocycles. The molecule has 1 aromatic heterocycles. The van der Waals surface area contributed by atoms with Crippen molar-refractivity contribution in [2.45, 2.75) is 24.9 Å². The number of hydrogen-bond acceptors (Lipinski definition) is 8. The Kier molecular flexibility index (Phi) is 7.02. The number of nitrogens with one attached hydrogen (secondary N) is 3. The lowest BCUT2D eigenvalue weighted by atomic mass is 10.0. The molecule has 1 aliphatic carbocycles. The van der Waals surface area contributed by atoms with Crippen LogP contribution in [0.25, 0.3) is 0 Å². The highest BCUT2D eigenvalue weighted by molar-refractivity contribution is 6.16. The Labute approximate surface area is 227 Å². The van der Waals surface area contributed by atoms with Gasteiger partial charge in [0.25, 0.3) is 5.91 Å². The van der Waals surface area contributed by atoms with Crippen molar-refractivity contribution in [3.8, 4) is 0 Å². The third kappa shape index (κ3) is 5.05. The number of rotatable bonds is 8. The molecular formula is C29H32N8O2. The van der Waals surface area contributed by atoms with Crippen molar-refractivity contribution in [3.05, 3.63) is 84.2 Å². The Bertz CT molecular complexity index is 1440. The molecule has 3 aromatic rings. The summed E-state index contributed by atoms with van der Waals surface area (Å²) in [6, 6.07) is 14.4. The molecule has 2 fully saturated rings.